The third-order valence-corrected chi connectivity index (χ3v) is 6.51. The number of hydrogen-bond donors (Lipinski definition) is 3. The summed E-state index contributed by atoms with van der Waals surface area (Å²) in [6, 6.07) is 16.7. The minimum atomic E-state index is -1.04. The fourth-order valence-electron chi connectivity index (χ4n) is 4.41. The average Bonchev–Trinajstić information content (AvgIpc) is 3.27. The molecule has 1 aliphatic rings. The smallest absolute Gasteiger partial charge is 0.263 e. The van der Waals surface area contributed by atoms with Crippen molar-refractivity contribution in [1.82, 2.24) is 9.88 Å². The van der Waals surface area contributed by atoms with Crippen LogP contribution in [0.5, 0.6) is 0 Å². The van der Waals surface area contributed by atoms with Crippen LogP contribution in [0.4, 0.5) is 24.5 Å². The van der Waals surface area contributed by atoms with E-state index in [0.29, 0.717) is 33.6 Å². The number of nitrogens with one attached hydrogen (secondary N) is 3. The molecule has 0 atom stereocenters. The summed E-state index contributed by atoms with van der Waals surface area (Å²) < 4.78 is 41.2. The van der Waals surface area contributed by atoms with Crippen LogP contribution in [-0.2, 0) is 16.1 Å². The number of hydrogen-bond acceptors (Lipinski definition) is 4. The third-order valence-electron chi connectivity index (χ3n) is 6.51. The molecule has 8 nitrogen and oxygen atoms in total. The van der Waals surface area contributed by atoms with Crippen molar-refractivity contribution < 1.29 is 27.6 Å². The van der Waals surface area contributed by atoms with Crippen molar-refractivity contribution in [2.45, 2.75) is 13.0 Å². The van der Waals surface area contributed by atoms with Crippen molar-refractivity contribution in [2.24, 2.45) is 0 Å². The van der Waals surface area contributed by atoms with E-state index >= 15 is 0 Å². The first kappa shape index (κ1) is 28.1. The number of carbonyl (C=O) groups excluding carboxylic acids is 3. The zero-order valence-corrected chi connectivity index (χ0v) is 21.9. The predicted molar refractivity (Wildman–Crippen MR) is 151 cm³/mol. The van der Waals surface area contributed by atoms with Crippen LogP contribution in [0.15, 0.2) is 83.8 Å². The number of anilines is 2. The van der Waals surface area contributed by atoms with Crippen LogP contribution >= 0.6 is 0 Å². The van der Waals surface area contributed by atoms with Gasteiger partial charge in [-0.05, 0) is 71.8 Å². The van der Waals surface area contributed by atoms with Gasteiger partial charge in [0.25, 0.3) is 17.4 Å². The number of halogens is 3. The molecular formula is C31H23F3N4O4. The highest BCUT2D eigenvalue weighted by molar-refractivity contribution is 6.35. The summed E-state index contributed by atoms with van der Waals surface area (Å²) in [6.07, 6.45) is 2.94. The fourth-order valence-corrected chi connectivity index (χ4v) is 4.41. The number of rotatable bonds is 8. The van der Waals surface area contributed by atoms with Crippen molar-refractivity contribution >= 4 is 40.7 Å². The summed E-state index contributed by atoms with van der Waals surface area (Å²) in [5.74, 6) is -3.87. The quantitative estimate of drug-likeness (QED) is 0.269. The van der Waals surface area contributed by atoms with Crippen molar-refractivity contribution in [2.75, 3.05) is 17.2 Å². The van der Waals surface area contributed by atoms with Gasteiger partial charge in [0.05, 0.1) is 6.54 Å². The highest BCUT2D eigenvalue weighted by Crippen LogP contribution is 2.35. The normalized spacial score (nSPS) is 13.0. The van der Waals surface area contributed by atoms with Gasteiger partial charge in [-0.2, -0.15) is 0 Å². The second-order valence-corrected chi connectivity index (χ2v) is 9.48. The molecule has 0 fully saturated rings. The van der Waals surface area contributed by atoms with Crippen LogP contribution in [0, 0.1) is 17.5 Å². The van der Waals surface area contributed by atoms with Crippen molar-refractivity contribution in [3.8, 4) is 0 Å². The molecule has 0 spiro atoms. The topological polar surface area (TPSA) is 109 Å². The molecule has 5 rings (SSSR count). The third kappa shape index (κ3) is 6.30. The molecule has 1 aromatic heterocycles. The Balaban J connectivity index is 1.19. The zero-order valence-electron chi connectivity index (χ0n) is 21.9. The molecular weight excluding hydrogens is 549 g/mol. The lowest BCUT2D eigenvalue weighted by Crippen LogP contribution is -2.34. The van der Waals surface area contributed by atoms with Crippen LogP contribution in [0.1, 0.15) is 33.5 Å². The van der Waals surface area contributed by atoms with Crippen LogP contribution in [-0.4, -0.2) is 28.8 Å². The Kier molecular flexibility index (Phi) is 8.00. The second-order valence-electron chi connectivity index (χ2n) is 9.48. The molecule has 0 bridgehead atoms. The maximum atomic E-state index is 13.5. The van der Waals surface area contributed by atoms with Crippen LogP contribution in [0.3, 0.4) is 0 Å². The lowest BCUT2D eigenvalue weighted by Gasteiger charge is -2.10. The SMILES string of the molecule is O=C(CCNC(=O)c1cccn(Cc2ccc(F)c(F)c2)c1=O)Nc1ccc2c(c1)C(=Cc1ccc(F)cc1)C(=O)N2. The molecule has 0 unspecified atom stereocenters. The lowest BCUT2D eigenvalue weighted by molar-refractivity contribution is -0.116. The Bertz CT molecular complexity index is 1800. The summed E-state index contributed by atoms with van der Waals surface area (Å²) in [5.41, 5.74) is 2.10. The Morgan fingerprint density at radius 3 is 2.45 bits per heavy atom. The summed E-state index contributed by atoms with van der Waals surface area (Å²) in [4.78, 5) is 50.5. The highest BCUT2D eigenvalue weighted by Gasteiger charge is 2.24. The van der Waals surface area contributed by atoms with Crippen LogP contribution in [0.2, 0.25) is 0 Å². The second kappa shape index (κ2) is 12.0. The molecule has 3 aromatic carbocycles. The molecule has 0 saturated heterocycles. The van der Waals surface area contributed by atoms with Gasteiger partial charge >= 0.3 is 0 Å². The van der Waals surface area contributed by atoms with Crippen molar-refractivity contribution in [3.63, 3.8) is 0 Å². The fraction of sp³-hybridized carbons (Fsp3) is 0.0968. The van der Waals surface area contributed by atoms with Gasteiger partial charge in [-0.25, -0.2) is 13.2 Å². The molecule has 212 valence electrons. The zero-order chi connectivity index (χ0) is 29.8. The van der Waals surface area contributed by atoms with E-state index in [2.05, 4.69) is 16.0 Å². The van der Waals surface area contributed by atoms with Gasteiger partial charge in [-0.15, -0.1) is 0 Å². The highest BCUT2D eigenvalue weighted by atomic mass is 19.2. The molecule has 3 N–H and O–H groups in total. The van der Waals surface area contributed by atoms with Gasteiger partial charge in [-0.1, -0.05) is 18.2 Å². The number of fused-ring (bicyclic) bond motifs is 1. The Morgan fingerprint density at radius 2 is 1.69 bits per heavy atom. The minimum Gasteiger partial charge on any atom is -0.351 e. The molecule has 3 amide bonds. The Hall–Kier alpha value is -5.45. The molecule has 11 heteroatoms. The maximum Gasteiger partial charge on any atom is 0.263 e. The van der Waals surface area contributed by atoms with Gasteiger partial charge in [0.1, 0.15) is 11.4 Å². The standard InChI is InChI=1S/C31H23F3N4O4/c32-20-6-3-18(4-7-20)14-24-23-16-21(8-10-27(23)37-30(24)41)36-28(39)11-12-35-29(40)22-2-1-13-38(31(22)42)17-19-5-9-25(33)26(34)15-19/h1-10,13-16H,11-12,17H2,(H,35,40)(H,36,39)(H,37,41). The molecule has 2 heterocycles. The molecule has 0 radical (unpaired) electrons. The predicted octanol–water partition coefficient (Wildman–Crippen LogP) is 4.57. The summed E-state index contributed by atoms with van der Waals surface area (Å²) in [5, 5.41) is 8.00. The van der Waals surface area contributed by atoms with E-state index in [0.717, 1.165) is 12.1 Å². The number of benzene rings is 3. The first-order valence-corrected chi connectivity index (χ1v) is 12.8. The summed E-state index contributed by atoms with van der Waals surface area (Å²) >= 11 is 0. The van der Waals surface area contributed by atoms with E-state index in [1.807, 2.05) is 0 Å². The Morgan fingerprint density at radius 1 is 0.905 bits per heavy atom. The number of aromatic nitrogens is 1. The van der Waals surface area contributed by atoms with Crippen molar-refractivity contribution in [1.29, 1.82) is 0 Å². The van der Waals surface area contributed by atoms with E-state index in [9.17, 15) is 32.3 Å². The van der Waals surface area contributed by atoms with E-state index in [1.165, 1.54) is 41.1 Å². The summed E-state index contributed by atoms with van der Waals surface area (Å²) in [6.45, 7) is -0.134. The monoisotopic (exact) mass is 572 g/mol. The minimum absolute atomic E-state index is 0.0666. The first-order valence-electron chi connectivity index (χ1n) is 12.8. The van der Waals surface area contributed by atoms with Gasteiger partial charge in [0, 0.05) is 41.7 Å². The van der Waals surface area contributed by atoms with Crippen molar-refractivity contribution in [3.05, 3.63) is 129 Å². The molecule has 0 aliphatic carbocycles. The molecule has 42 heavy (non-hydrogen) atoms. The number of pyridine rings is 1. The maximum absolute atomic E-state index is 13.5. The van der Waals surface area contributed by atoms with E-state index < -0.39 is 34.8 Å². The number of amides is 3. The van der Waals surface area contributed by atoms with Gasteiger partial charge in [0.2, 0.25) is 5.91 Å². The summed E-state index contributed by atoms with van der Waals surface area (Å²) in [7, 11) is 0. The Labute approximate surface area is 237 Å². The number of carbonyl (C=O) groups is 3. The molecule has 1 aliphatic heterocycles. The first-order chi connectivity index (χ1) is 20.2. The van der Waals surface area contributed by atoms with Gasteiger partial charge in [-0.3, -0.25) is 19.2 Å². The number of nitrogens with zero attached hydrogens (tertiary/aromatic N) is 1. The van der Waals surface area contributed by atoms with Gasteiger partial charge in [0.15, 0.2) is 11.6 Å². The van der Waals surface area contributed by atoms with Crippen LogP contribution < -0.4 is 21.5 Å². The lowest BCUT2D eigenvalue weighted by atomic mass is 10.0. The molecule has 0 saturated carbocycles. The molecule has 4 aromatic rings. The average molecular weight is 573 g/mol. The van der Waals surface area contributed by atoms with E-state index in [-0.39, 0.29) is 31.0 Å². The van der Waals surface area contributed by atoms with E-state index in [4.69, 9.17) is 0 Å². The van der Waals surface area contributed by atoms with Gasteiger partial charge < -0.3 is 20.5 Å². The largest absolute Gasteiger partial charge is 0.351 e. The van der Waals surface area contributed by atoms with E-state index in [1.54, 1.807) is 36.4 Å². The van der Waals surface area contributed by atoms with Crippen LogP contribution in [0.25, 0.3) is 11.6 Å².